The standard InChI is InChI=1S/C23H26F2N2O4.ClH/c1-16(17-7-9-18(10-8-17)22(29)30)26-21(28)20-15-23(24,25)11-12-27(20)13-14-31-19-5-3-2-4-6-19;/h2-10,16,20H,11-15H2,1H3,(H,26,28)(H,29,30);1H/t16-,20-;/m0./s1. The lowest BCUT2D eigenvalue weighted by Crippen LogP contribution is -2.55. The van der Waals surface area contributed by atoms with E-state index in [1.54, 1.807) is 24.0 Å². The smallest absolute Gasteiger partial charge is 0.335 e. The number of piperidine rings is 1. The fourth-order valence-corrected chi connectivity index (χ4v) is 3.61. The molecule has 0 bridgehead atoms. The van der Waals surface area contributed by atoms with Crippen molar-refractivity contribution >= 4 is 24.3 Å². The van der Waals surface area contributed by atoms with Gasteiger partial charge in [-0.3, -0.25) is 9.69 Å². The Balaban J connectivity index is 0.00000363. The highest BCUT2D eigenvalue weighted by Gasteiger charge is 2.43. The van der Waals surface area contributed by atoms with E-state index in [2.05, 4.69) is 5.32 Å². The minimum atomic E-state index is -2.90. The average molecular weight is 469 g/mol. The van der Waals surface area contributed by atoms with Crippen LogP contribution in [0.2, 0.25) is 0 Å². The Bertz CT molecular complexity index is 897. The van der Waals surface area contributed by atoms with E-state index >= 15 is 0 Å². The summed E-state index contributed by atoms with van der Waals surface area (Å²) in [6, 6.07) is 13.9. The molecule has 2 aromatic rings. The number of carbonyl (C=O) groups is 2. The zero-order valence-electron chi connectivity index (χ0n) is 17.7. The summed E-state index contributed by atoms with van der Waals surface area (Å²) in [5.74, 6) is -3.73. The molecule has 1 saturated heterocycles. The Morgan fingerprint density at radius 3 is 2.47 bits per heavy atom. The number of nitrogens with zero attached hydrogens (tertiary/aromatic N) is 1. The van der Waals surface area contributed by atoms with Gasteiger partial charge in [0.1, 0.15) is 12.4 Å². The third-order valence-electron chi connectivity index (χ3n) is 5.41. The van der Waals surface area contributed by atoms with Crippen LogP contribution in [0, 0.1) is 0 Å². The zero-order chi connectivity index (χ0) is 22.4. The summed E-state index contributed by atoms with van der Waals surface area (Å²) in [6.45, 7) is 2.47. The normalized spacial score (nSPS) is 18.8. The van der Waals surface area contributed by atoms with Gasteiger partial charge < -0.3 is 15.2 Å². The molecule has 0 aliphatic carbocycles. The van der Waals surface area contributed by atoms with Crippen molar-refractivity contribution in [2.24, 2.45) is 0 Å². The van der Waals surface area contributed by atoms with E-state index in [1.165, 1.54) is 12.1 Å². The van der Waals surface area contributed by atoms with E-state index in [1.807, 2.05) is 30.3 Å². The maximum absolute atomic E-state index is 14.1. The second-order valence-electron chi connectivity index (χ2n) is 7.68. The molecule has 0 unspecified atom stereocenters. The molecule has 0 saturated carbocycles. The SMILES string of the molecule is C[C@H](NC(=O)[C@@H]1CC(F)(F)CCN1CCOc1ccccc1)c1ccc(C(=O)O)cc1.Cl. The monoisotopic (exact) mass is 468 g/mol. The van der Waals surface area contributed by atoms with Crippen LogP contribution in [0.1, 0.15) is 41.7 Å². The van der Waals surface area contributed by atoms with E-state index in [9.17, 15) is 18.4 Å². The molecular formula is C23H27ClF2N2O4. The first-order chi connectivity index (χ1) is 14.7. The first-order valence-electron chi connectivity index (χ1n) is 10.2. The molecular weight excluding hydrogens is 442 g/mol. The van der Waals surface area contributed by atoms with Gasteiger partial charge in [-0.1, -0.05) is 30.3 Å². The molecule has 2 aromatic carbocycles. The number of rotatable bonds is 8. The van der Waals surface area contributed by atoms with Gasteiger partial charge in [0.25, 0.3) is 5.92 Å². The van der Waals surface area contributed by atoms with Crippen molar-refractivity contribution in [3.8, 4) is 5.75 Å². The van der Waals surface area contributed by atoms with Crippen molar-refractivity contribution in [1.29, 1.82) is 0 Å². The number of carboxylic acid groups (broad SMARTS) is 1. The quantitative estimate of drug-likeness (QED) is 0.608. The van der Waals surface area contributed by atoms with Crippen molar-refractivity contribution in [3.63, 3.8) is 0 Å². The summed E-state index contributed by atoms with van der Waals surface area (Å²) in [5, 5.41) is 11.8. The van der Waals surface area contributed by atoms with E-state index < -0.39 is 36.3 Å². The second-order valence-corrected chi connectivity index (χ2v) is 7.68. The Kier molecular flexibility index (Phi) is 8.98. The second kappa shape index (κ2) is 11.2. The first-order valence-corrected chi connectivity index (χ1v) is 10.2. The highest BCUT2D eigenvalue weighted by Crippen LogP contribution is 2.32. The lowest BCUT2D eigenvalue weighted by Gasteiger charge is -2.38. The van der Waals surface area contributed by atoms with Crippen LogP contribution in [0.25, 0.3) is 0 Å². The topological polar surface area (TPSA) is 78.9 Å². The van der Waals surface area contributed by atoms with Crippen LogP contribution < -0.4 is 10.1 Å². The van der Waals surface area contributed by atoms with Gasteiger partial charge in [0.05, 0.1) is 17.6 Å². The van der Waals surface area contributed by atoms with Crippen LogP contribution in [0.15, 0.2) is 54.6 Å². The first kappa shape index (κ1) is 25.5. The Labute approximate surface area is 192 Å². The van der Waals surface area contributed by atoms with Crippen LogP contribution in [-0.2, 0) is 4.79 Å². The van der Waals surface area contributed by atoms with E-state index in [0.717, 1.165) is 0 Å². The number of hydrogen-bond acceptors (Lipinski definition) is 4. The van der Waals surface area contributed by atoms with Crippen molar-refractivity contribution in [3.05, 3.63) is 65.7 Å². The van der Waals surface area contributed by atoms with E-state index in [0.29, 0.717) is 17.9 Å². The number of ether oxygens (including phenoxy) is 1. The molecule has 2 atom stereocenters. The zero-order valence-corrected chi connectivity index (χ0v) is 18.5. The van der Waals surface area contributed by atoms with Gasteiger partial charge in [-0.05, 0) is 36.8 Å². The molecule has 174 valence electrons. The summed E-state index contributed by atoms with van der Waals surface area (Å²) in [5.41, 5.74) is 0.832. The summed E-state index contributed by atoms with van der Waals surface area (Å²) in [4.78, 5) is 25.6. The summed E-state index contributed by atoms with van der Waals surface area (Å²) < 4.78 is 33.8. The fraction of sp³-hybridized carbons (Fsp3) is 0.391. The van der Waals surface area contributed by atoms with Gasteiger partial charge in [0.15, 0.2) is 0 Å². The fourth-order valence-electron chi connectivity index (χ4n) is 3.61. The number of alkyl halides is 2. The third-order valence-corrected chi connectivity index (χ3v) is 5.41. The Hall–Kier alpha value is -2.71. The number of nitrogens with one attached hydrogen (secondary N) is 1. The molecule has 1 heterocycles. The molecule has 1 amide bonds. The largest absolute Gasteiger partial charge is 0.492 e. The lowest BCUT2D eigenvalue weighted by molar-refractivity contribution is -0.138. The lowest BCUT2D eigenvalue weighted by atomic mass is 9.97. The number of para-hydroxylation sites is 1. The number of likely N-dealkylation sites (tertiary alicyclic amines) is 1. The number of carbonyl (C=O) groups excluding carboxylic acids is 1. The summed E-state index contributed by atoms with van der Waals surface area (Å²) in [7, 11) is 0. The van der Waals surface area contributed by atoms with Crippen LogP contribution in [0.3, 0.4) is 0 Å². The minimum absolute atomic E-state index is 0. The number of amides is 1. The maximum atomic E-state index is 14.1. The Morgan fingerprint density at radius 1 is 1.19 bits per heavy atom. The predicted octanol–water partition coefficient (Wildman–Crippen LogP) is 4.16. The molecule has 3 rings (SSSR count). The van der Waals surface area contributed by atoms with Gasteiger partial charge >= 0.3 is 5.97 Å². The highest BCUT2D eigenvalue weighted by molar-refractivity contribution is 5.87. The molecule has 1 aliphatic heterocycles. The van der Waals surface area contributed by atoms with Crippen molar-refractivity contribution in [2.75, 3.05) is 19.7 Å². The van der Waals surface area contributed by atoms with Crippen LogP contribution in [0.5, 0.6) is 5.75 Å². The minimum Gasteiger partial charge on any atom is -0.492 e. The van der Waals surface area contributed by atoms with Crippen molar-refractivity contribution in [1.82, 2.24) is 10.2 Å². The molecule has 9 heteroatoms. The summed E-state index contributed by atoms with van der Waals surface area (Å²) in [6.07, 6.45) is -0.844. The predicted molar refractivity (Wildman–Crippen MR) is 119 cm³/mol. The van der Waals surface area contributed by atoms with Crippen LogP contribution in [-0.4, -0.2) is 53.5 Å². The van der Waals surface area contributed by atoms with E-state index in [-0.39, 0.29) is 37.5 Å². The van der Waals surface area contributed by atoms with Gasteiger partial charge in [-0.25, -0.2) is 13.6 Å². The number of carboxylic acids is 1. The summed E-state index contributed by atoms with van der Waals surface area (Å²) >= 11 is 0. The van der Waals surface area contributed by atoms with Crippen LogP contribution >= 0.6 is 12.4 Å². The van der Waals surface area contributed by atoms with E-state index in [4.69, 9.17) is 9.84 Å². The number of halogens is 3. The third kappa shape index (κ3) is 6.90. The molecule has 0 radical (unpaired) electrons. The number of benzene rings is 2. The Morgan fingerprint density at radius 2 is 1.84 bits per heavy atom. The molecule has 0 spiro atoms. The van der Waals surface area contributed by atoms with Crippen molar-refractivity contribution < 1.29 is 28.2 Å². The van der Waals surface area contributed by atoms with Gasteiger partial charge in [0, 0.05) is 25.9 Å². The molecule has 2 N–H and O–H groups in total. The molecule has 1 fully saturated rings. The molecule has 0 aromatic heterocycles. The van der Waals surface area contributed by atoms with Crippen LogP contribution in [0.4, 0.5) is 8.78 Å². The van der Waals surface area contributed by atoms with Gasteiger partial charge in [-0.2, -0.15) is 0 Å². The molecule has 1 aliphatic rings. The maximum Gasteiger partial charge on any atom is 0.335 e. The number of hydrogen-bond donors (Lipinski definition) is 2. The molecule has 32 heavy (non-hydrogen) atoms. The average Bonchev–Trinajstić information content (AvgIpc) is 2.75. The highest BCUT2D eigenvalue weighted by atomic mass is 35.5. The van der Waals surface area contributed by atoms with Gasteiger partial charge in [0.2, 0.25) is 5.91 Å². The van der Waals surface area contributed by atoms with Gasteiger partial charge in [-0.15, -0.1) is 12.4 Å². The van der Waals surface area contributed by atoms with Crippen molar-refractivity contribution in [2.45, 2.75) is 37.8 Å². The molecule has 6 nitrogen and oxygen atoms in total. The number of aromatic carboxylic acids is 1.